The summed E-state index contributed by atoms with van der Waals surface area (Å²) in [5, 5.41) is 3.91. The van der Waals surface area contributed by atoms with Gasteiger partial charge in [-0.15, -0.1) is 0 Å². The Bertz CT molecular complexity index is 470. The standard InChI is InChI=1S/C13H17N3O2/c1-17-9-5-8-11-15-13(18-16-11)12(14)10-6-3-2-4-7-10/h2-4,6-7,12H,5,8-9,14H2,1H3/t12-/m1/s1. The third kappa shape index (κ3) is 3.15. The summed E-state index contributed by atoms with van der Waals surface area (Å²) in [4.78, 5) is 4.30. The van der Waals surface area contributed by atoms with E-state index in [0.29, 0.717) is 18.3 Å². The van der Waals surface area contributed by atoms with Crippen LogP contribution in [-0.4, -0.2) is 23.9 Å². The SMILES string of the molecule is COCCCc1noc([C@H](N)c2ccccc2)n1. The molecule has 0 aliphatic rings. The van der Waals surface area contributed by atoms with Crippen LogP contribution in [0.15, 0.2) is 34.9 Å². The molecule has 0 amide bonds. The van der Waals surface area contributed by atoms with Crippen molar-refractivity contribution in [1.29, 1.82) is 0 Å². The molecule has 2 N–H and O–H groups in total. The quantitative estimate of drug-likeness (QED) is 0.786. The first kappa shape index (κ1) is 12.7. The molecule has 0 saturated heterocycles. The molecule has 0 unspecified atom stereocenters. The minimum Gasteiger partial charge on any atom is -0.385 e. The van der Waals surface area contributed by atoms with Gasteiger partial charge in [-0.2, -0.15) is 4.98 Å². The summed E-state index contributed by atoms with van der Waals surface area (Å²) in [6.07, 6.45) is 1.61. The predicted octanol–water partition coefficient (Wildman–Crippen LogP) is 1.70. The highest BCUT2D eigenvalue weighted by atomic mass is 16.5. The molecule has 0 fully saturated rings. The first-order chi connectivity index (χ1) is 8.81. The van der Waals surface area contributed by atoms with Crippen LogP contribution in [0.4, 0.5) is 0 Å². The van der Waals surface area contributed by atoms with Crippen LogP contribution in [0.5, 0.6) is 0 Å². The second kappa shape index (κ2) is 6.28. The molecule has 2 aromatic rings. The molecule has 96 valence electrons. The van der Waals surface area contributed by atoms with Gasteiger partial charge in [0.05, 0.1) is 0 Å². The van der Waals surface area contributed by atoms with Gasteiger partial charge in [-0.05, 0) is 12.0 Å². The molecule has 1 aromatic carbocycles. The summed E-state index contributed by atoms with van der Waals surface area (Å²) < 4.78 is 10.2. The average molecular weight is 247 g/mol. The summed E-state index contributed by atoms with van der Waals surface area (Å²) in [6.45, 7) is 0.689. The Labute approximate surface area is 106 Å². The normalized spacial score (nSPS) is 12.6. The third-order valence-electron chi connectivity index (χ3n) is 2.66. The maximum atomic E-state index is 6.06. The Morgan fingerprint density at radius 3 is 2.83 bits per heavy atom. The van der Waals surface area contributed by atoms with Crippen LogP contribution in [-0.2, 0) is 11.2 Å². The van der Waals surface area contributed by atoms with Crippen molar-refractivity contribution in [3.63, 3.8) is 0 Å². The van der Waals surface area contributed by atoms with E-state index in [0.717, 1.165) is 18.4 Å². The van der Waals surface area contributed by atoms with Crippen molar-refractivity contribution in [2.24, 2.45) is 5.73 Å². The van der Waals surface area contributed by atoms with E-state index in [1.54, 1.807) is 7.11 Å². The highest BCUT2D eigenvalue weighted by molar-refractivity contribution is 5.22. The zero-order valence-electron chi connectivity index (χ0n) is 10.4. The smallest absolute Gasteiger partial charge is 0.248 e. The monoisotopic (exact) mass is 247 g/mol. The first-order valence-corrected chi connectivity index (χ1v) is 5.93. The number of methoxy groups -OCH3 is 1. The second-order valence-electron chi connectivity index (χ2n) is 4.03. The van der Waals surface area contributed by atoms with Crippen LogP contribution in [0.25, 0.3) is 0 Å². The Morgan fingerprint density at radius 2 is 2.11 bits per heavy atom. The maximum Gasteiger partial charge on any atom is 0.248 e. The van der Waals surface area contributed by atoms with Crippen LogP contribution >= 0.6 is 0 Å². The number of ether oxygens (including phenoxy) is 1. The lowest BCUT2D eigenvalue weighted by molar-refractivity contribution is 0.194. The summed E-state index contributed by atoms with van der Waals surface area (Å²) in [6, 6.07) is 9.34. The molecule has 0 saturated carbocycles. The first-order valence-electron chi connectivity index (χ1n) is 5.93. The number of aryl methyl sites for hydroxylation is 1. The molecule has 0 spiro atoms. The van der Waals surface area contributed by atoms with Gasteiger partial charge in [0.15, 0.2) is 5.82 Å². The second-order valence-corrected chi connectivity index (χ2v) is 4.03. The molecule has 0 aliphatic carbocycles. The van der Waals surface area contributed by atoms with Crippen molar-refractivity contribution in [2.75, 3.05) is 13.7 Å². The highest BCUT2D eigenvalue weighted by Crippen LogP contribution is 2.17. The van der Waals surface area contributed by atoms with Gasteiger partial charge in [0, 0.05) is 20.1 Å². The van der Waals surface area contributed by atoms with Gasteiger partial charge in [-0.25, -0.2) is 0 Å². The summed E-state index contributed by atoms with van der Waals surface area (Å²) >= 11 is 0. The average Bonchev–Trinajstić information content (AvgIpc) is 2.88. The van der Waals surface area contributed by atoms with E-state index >= 15 is 0 Å². The zero-order valence-corrected chi connectivity index (χ0v) is 10.4. The highest BCUT2D eigenvalue weighted by Gasteiger charge is 2.16. The summed E-state index contributed by atoms with van der Waals surface area (Å²) in [5.41, 5.74) is 7.03. The molecule has 0 aliphatic heterocycles. The number of benzene rings is 1. The van der Waals surface area contributed by atoms with E-state index < -0.39 is 0 Å². The van der Waals surface area contributed by atoms with E-state index in [1.807, 2.05) is 30.3 Å². The lowest BCUT2D eigenvalue weighted by Gasteiger charge is -2.05. The van der Waals surface area contributed by atoms with Gasteiger partial charge in [0.1, 0.15) is 6.04 Å². The van der Waals surface area contributed by atoms with E-state index in [2.05, 4.69) is 10.1 Å². The van der Waals surface area contributed by atoms with Gasteiger partial charge < -0.3 is 15.0 Å². The van der Waals surface area contributed by atoms with Gasteiger partial charge in [0.2, 0.25) is 5.89 Å². The molecule has 5 nitrogen and oxygen atoms in total. The van der Waals surface area contributed by atoms with E-state index in [-0.39, 0.29) is 6.04 Å². The van der Waals surface area contributed by atoms with Crippen LogP contribution in [0, 0.1) is 0 Å². The van der Waals surface area contributed by atoms with Gasteiger partial charge in [-0.1, -0.05) is 35.5 Å². The van der Waals surface area contributed by atoms with Crippen molar-refractivity contribution in [3.8, 4) is 0 Å². The lowest BCUT2D eigenvalue weighted by Crippen LogP contribution is -2.12. The summed E-state index contributed by atoms with van der Waals surface area (Å²) in [5.74, 6) is 1.13. The minimum atomic E-state index is -0.366. The topological polar surface area (TPSA) is 74.2 Å². The van der Waals surface area contributed by atoms with Crippen molar-refractivity contribution >= 4 is 0 Å². The fourth-order valence-electron chi connectivity index (χ4n) is 1.67. The summed E-state index contributed by atoms with van der Waals surface area (Å²) in [7, 11) is 1.67. The molecular weight excluding hydrogens is 230 g/mol. The molecule has 2 rings (SSSR count). The van der Waals surface area contributed by atoms with Crippen LogP contribution in [0.1, 0.15) is 29.7 Å². The van der Waals surface area contributed by atoms with Crippen LogP contribution < -0.4 is 5.73 Å². The Morgan fingerprint density at radius 1 is 1.33 bits per heavy atom. The fraction of sp³-hybridized carbons (Fsp3) is 0.385. The fourth-order valence-corrected chi connectivity index (χ4v) is 1.67. The molecule has 1 aromatic heterocycles. The van der Waals surface area contributed by atoms with Crippen LogP contribution in [0.2, 0.25) is 0 Å². The van der Waals surface area contributed by atoms with Crippen molar-refractivity contribution in [1.82, 2.24) is 10.1 Å². The Balaban J connectivity index is 2.01. The van der Waals surface area contributed by atoms with E-state index in [4.69, 9.17) is 15.0 Å². The zero-order chi connectivity index (χ0) is 12.8. The molecule has 1 heterocycles. The number of aromatic nitrogens is 2. The third-order valence-corrected chi connectivity index (χ3v) is 2.66. The number of hydrogen-bond acceptors (Lipinski definition) is 5. The number of nitrogens with zero attached hydrogens (tertiary/aromatic N) is 2. The molecule has 5 heteroatoms. The van der Waals surface area contributed by atoms with Crippen molar-refractivity contribution in [2.45, 2.75) is 18.9 Å². The number of rotatable bonds is 6. The number of hydrogen-bond donors (Lipinski definition) is 1. The lowest BCUT2D eigenvalue weighted by atomic mass is 10.1. The van der Waals surface area contributed by atoms with Crippen molar-refractivity contribution in [3.05, 3.63) is 47.6 Å². The maximum absolute atomic E-state index is 6.06. The predicted molar refractivity (Wildman–Crippen MR) is 67.0 cm³/mol. The van der Waals surface area contributed by atoms with E-state index in [1.165, 1.54) is 0 Å². The van der Waals surface area contributed by atoms with E-state index in [9.17, 15) is 0 Å². The Kier molecular flexibility index (Phi) is 4.44. The number of nitrogens with two attached hydrogens (primary N) is 1. The minimum absolute atomic E-state index is 0.366. The molecule has 0 radical (unpaired) electrons. The van der Waals surface area contributed by atoms with Gasteiger partial charge in [0.25, 0.3) is 0 Å². The van der Waals surface area contributed by atoms with Gasteiger partial charge in [-0.3, -0.25) is 0 Å². The largest absolute Gasteiger partial charge is 0.385 e. The molecule has 1 atom stereocenters. The van der Waals surface area contributed by atoms with Gasteiger partial charge >= 0.3 is 0 Å². The molecular formula is C13H17N3O2. The molecule has 0 bridgehead atoms. The van der Waals surface area contributed by atoms with Crippen molar-refractivity contribution < 1.29 is 9.26 Å². The molecule has 18 heavy (non-hydrogen) atoms. The Hall–Kier alpha value is -1.72. The van der Waals surface area contributed by atoms with Crippen LogP contribution in [0.3, 0.4) is 0 Å².